The number of methoxy groups -OCH3 is 1. The molecule has 2 heteroatoms. The van der Waals surface area contributed by atoms with E-state index < -0.39 is 0 Å². The zero-order valence-electron chi connectivity index (χ0n) is 11.8. The molecule has 100 valence electrons. The van der Waals surface area contributed by atoms with E-state index in [9.17, 15) is 0 Å². The Morgan fingerprint density at radius 1 is 1.22 bits per heavy atom. The Hall–Kier alpha value is -0.860. The lowest BCUT2D eigenvalue weighted by Gasteiger charge is -2.41. The molecule has 0 heterocycles. The van der Waals surface area contributed by atoms with Crippen LogP contribution in [0.15, 0.2) is 24.3 Å². The van der Waals surface area contributed by atoms with Gasteiger partial charge in [-0.15, -0.1) is 0 Å². The second kappa shape index (κ2) is 5.02. The van der Waals surface area contributed by atoms with Crippen LogP contribution in [-0.4, -0.2) is 20.3 Å². The van der Waals surface area contributed by atoms with Crippen LogP contribution in [0.25, 0.3) is 0 Å². The first-order chi connectivity index (χ1) is 8.54. The average molecular weight is 247 g/mol. The first-order valence-corrected chi connectivity index (χ1v) is 6.84. The molecule has 2 rings (SSSR count). The van der Waals surface area contributed by atoms with Crippen molar-refractivity contribution in [2.75, 3.05) is 20.3 Å². The molecule has 0 radical (unpaired) electrons. The lowest BCUT2D eigenvalue weighted by Crippen LogP contribution is -2.41. The number of hydrogen-bond donors (Lipinski definition) is 1. The maximum absolute atomic E-state index is 5.95. The molecule has 0 aromatic heterocycles. The highest BCUT2D eigenvalue weighted by molar-refractivity contribution is 5.34. The molecule has 0 spiro atoms. The van der Waals surface area contributed by atoms with Gasteiger partial charge in [-0.05, 0) is 24.0 Å². The quantitative estimate of drug-likeness (QED) is 0.868. The van der Waals surface area contributed by atoms with Crippen molar-refractivity contribution in [3.8, 4) is 0 Å². The summed E-state index contributed by atoms with van der Waals surface area (Å²) in [5.41, 5.74) is 9.04. The summed E-state index contributed by atoms with van der Waals surface area (Å²) in [6.07, 6.45) is 3.79. The molecule has 0 aliphatic heterocycles. The van der Waals surface area contributed by atoms with Crippen molar-refractivity contribution >= 4 is 0 Å². The van der Waals surface area contributed by atoms with E-state index in [1.807, 2.05) is 0 Å². The molecule has 1 aliphatic carbocycles. The number of hydrogen-bond acceptors (Lipinski definition) is 2. The molecule has 1 saturated carbocycles. The van der Waals surface area contributed by atoms with Crippen molar-refractivity contribution in [1.29, 1.82) is 0 Å². The highest BCUT2D eigenvalue weighted by Crippen LogP contribution is 2.43. The van der Waals surface area contributed by atoms with Gasteiger partial charge in [-0.2, -0.15) is 0 Å². The Labute approximate surface area is 111 Å². The Morgan fingerprint density at radius 2 is 1.83 bits per heavy atom. The normalized spacial score (nSPS) is 18.4. The average Bonchev–Trinajstić information content (AvgIpc) is 2.29. The minimum Gasteiger partial charge on any atom is -0.384 e. The molecule has 2 N–H and O–H groups in total. The predicted molar refractivity (Wildman–Crippen MR) is 75.9 cm³/mol. The second-order valence-electron chi connectivity index (χ2n) is 6.23. The van der Waals surface area contributed by atoms with Crippen LogP contribution >= 0.6 is 0 Å². The zero-order valence-corrected chi connectivity index (χ0v) is 11.8. The van der Waals surface area contributed by atoms with Gasteiger partial charge in [0, 0.05) is 24.5 Å². The molecule has 0 unspecified atom stereocenters. The Morgan fingerprint density at radius 3 is 2.22 bits per heavy atom. The summed E-state index contributed by atoms with van der Waals surface area (Å²) in [7, 11) is 1.76. The maximum Gasteiger partial charge on any atom is 0.0553 e. The molecular formula is C16H25NO. The van der Waals surface area contributed by atoms with E-state index in [2.05, 4.69) is 38.1 Å². The summed E-state index contributed by atoms with van der Waals surface area (Å²) in [6.45, 7) is 5.95. The molecule has 0 saturated heterocycles. The van der Waals surface area contributed by atoms with Gasteiger partial charge in [-0.1, -0.05) is 44.5 Å². The van der Waals surface area contributed by atoms with Gasteiger partial charge in [0.1, 0.15) is 0 Å². The lowest BCUT2D eigenvalue weighted by molar-refractivity contribution is 0.146. The van der Waals surface area contributed by atoms with E-state index >= 15 is 0 Å². The van der Waals surface area contributed by atoms with E-state index in [0.29, 0.717) is 0 Å². The van der Waals surface area contributed by atoms with E-state index in [4.69, 9.17) is 10.5 Å². The van der Waals surface area contributed by atoms with Gasteiger partial charge >= 0.3 is 0 Å². The number of rotatable bonds is 5. The first-order valence-electron chi connectivity index (χ1n) is 6.84. The van der Waals surface area contributed by atoms with Crippen LogP contribution in [0.1, 0.15) is 44.2 Å². The van der Waals surface area contributed by atoms with Crippen molar-refractivity contribution in [1.82, 2.24) is 0 Å². The third kappa shape index (κ3) is 2.32. The summed E-state index contributed by atoms with van der Waals surface area (Å²) < 4.78 is 5.29. The summed E-state index contributed by atoms with van der Waals surface area (Å²) in [6, 6.07) is 9.01. The van der Waals surface area contributed by atoms with Crippen LogP contribution in [0, 0.1) is 0 Å². The summed E-state index contributed by atoms with van der Waals surface area (Å²) in [4.78, 5) is 0. The van der Waals surface area contributed by atoms with Crippen LogP contribution in [0.2, 0.25) is 0 Å². The number of ether oxygens (including phenoxy) is 1. The van der Waals surface area contributed by atoms with Crippen molar-refractivity contribution in [2.24, 2.45) is 5.73 Å². The first kappa shape index (κ1) is 13.6. The Balaban J connectivity index is 2.20. The lowest BCUT2D eigenvalue weighted by atomic mass is 9.64. The molecule has 0 atom stereocenters. The fourth-order valence-electron chi connectivity index (χ4n) is 2.93. The fraction of sp³-hybridized carbons (Fsp3) is 0.625. The molecule has 18 heavy (non-hydrogen) atoms. The minimum absolute atomic E-state index is 0.0722. The van der Waals surface area contributed by atoms with Crippen LogP contribution in [0.3, 0.4) is 0 Å². The largest absolute Gasteiger partial charge is 0.384 e. The van der Waals surface area contributed by atoms with Gasteiger partial charge in [-0.25, -0.2) is 0 Å². The third-order valence-corrected chi connectivity index (χ3v) is 4.49. The molecule has 2 nitrogen and oxygen atoms in total. The smallest absolute Gasteiger partial charge is 0.0553 e. The molecular weight excluding hydrogens is 222 g/mol. The van der Waals surface area contributed by atoms with Gasteiger partial charge in [0.2, 0.25) is 0 Å². The fourth-order valence-corrected chi connectivity index (χ4v) is 2.93. The Bertz CT molecular complexity index is 385. The number of benzene rings is 1. The standard InChI is InChI=1S/C16H25NO/c1-15(2,12-18-3)13-5-7-14(8-6-13)16(11-17)9-4-10-16/h5-8H,4,9-12,17H2,1-3H3. The summed E-state index contributed by atoms with van der Waals surface area (Å²) in [5.74, 6) is 0. The summed E-state index contributed by atoms with van der Waals surface area (Å²) in [5, 5.41) is 0. The minimum atomic E-state index is 0.0722. The highest BCUT2D eigenvalue weighted by Gasteiger charge is 2.37. The monoisotopic (exact) mass is 247 g/mol. The van der Waals surface area contributed by atoms with Crippen LogP contribution < -0.4 is 5.73 Å². The van der Waals surface area contributed by atoms with Crippen molar-refractivity contribution < 1.29 is 4.74 Å². The van der Waals surface area contributed by atoms with Gasteiger partial charge in [0.15, 0.2) is 0 Å². The maximum atomic E-state index is 5.95. The second-order valence-corrected chi connectivity index (χ2v) is 6.23. The predicted octanol–water partition coefficient (Wildman–Crippen LogP) is 2.99. The highest BCUT2D eigenvalue weighted by atomic mass is 16.5. The van der Waals surface area contributed by atoms with E-state index in [1.54, 1.807) is 7.11 Å². The van der Waals surface area contributed by atoms with Gasteiger partial charge < -0.3 is 10.5 Å². The number of nitrogens with two attached hydrogens (primary N) is 1. The molecule has 1 aromatic carbocycles. The van der Waals surface area contributed by atoms with Crippen molar-refractivity contribution in [3.63, 3.8) is 0 Å². The summed E-state index contributed by atoms with van der Waals surface area (Å²) >= 11 is 0. The van der Waals surface area contributed by atoms with Crippen molar-refractivity contribution in [2.45, 2.75) is 43.9 Å². The van der Waals surface area contributed by atoms with Gasteiger partial charge in [0.25, 0.3) is 0 Å². The van der Waals surface area contributed by atoms with E-state index in [1.165, 1.54) is 30.4 Å². The molecule has 1 aliphatic rings. The SMILES string of the molecule is COCC(C)(C)c1ccc(C2(CN)CCC2)cc1. The topological polar surface area (TPSA) is 35.2 Å². The van der Waals surface area contributed by atoms with Crippen molar-refractivity contribution in [3.05, 3.63) is 35.4 Å². The van der Waals surface area contributed by atoms with E-state index in [-0.39, 0.29) is 10.8 Å². The molecule has 0 amide bonds. The van der Waals surface area contributed by atoms with Crippen LogP contribution in [0.4, 0.5) is 0 Å². The Kier molecular flexibility index (Phi) is 3.79. The molecule has 0 bridgehead atoms. The van der Waals surface area contributed by atoms with E-state index in [0.717, 1.165) is 13.2 Å². The zero-order chi connectivity index (χ0) is 13.2. The van der Waals surface area contributed by atoms with Gasteiger partial charge in [-0.3, -0.25) is 0 Å². The molecule has 1 fully saturated rings. The molecule has 1 aromatic rings. The third-order valence-electron chi connectivity index (χ3n) is 4.49. The van der Waals surface area contributed by atoms with Crippen LogP contribution in [-0.2, 0) is 15.6 Å². The van der Waals surface area contributed by atoms with Crippen LogP contribution in [0.5, 0.6) is 0 Å². The van der Waals surface area contributed by atoms with Gasteiger partial charge in [0.05, 0.1) is 6.61 Å².